The van der Waals surface area contributed by atoms with E-state index in [0.717, 1.165) is 33.8 Å². The van der Waals surface area contributed by atoms with Gasteiger partial charge in [0.15, 0.2) is 0 Å². The molecule has 0 saturated carbocycles. The molecule has 0 aliphatic carbocycles. The van der Waals surface area contributed by atoms with Crippen LogP contribution in [0.2, 0.25) is 0 Å². The Morgan fingerprint density at radius 2 is 1.52 bits per heavy atom. The Hall–Kier alpha value is -3.30. The van der Waals surface area contributed by atoms with Crippen LogP contribution in [0.25, 0.3) is 0 Å². The summed E-state index contributed by atoms with van der Waals surface area (Å²) >= 11 is 0. The van der Waals surface area contributed by atoms with Gasteiger partial charge < -0.3 is 5.11 Å². The van der Waals surface area contributed by atoms with Gasteiger partial charge in [0, 0.05) is 19.2 Å². The van der Waals surface area contributed by atoms with E-state index in [4.69, 9.17) is 0 Å². The molecule has 1 aliphatic heterocycles. The van der Waals surface area contributed by atoms with Gasteiger partial charge >= 0.3 is 5.97 Å². The molecule has 1 fully saturated rings. The first-order chi connectivity index (χ1) is 15.6. The van der Waals surface area contributed by atoms with Crippen molar-refractivity contribution in [2.45, 2.75) is 12.1 Å². The molecule has 3 aromatic rings. The largest absolute Gasteiger partial charge is 0.478 e. The second-order valence-corrected chi connectivity index (χ2v) is 9.89. The van der Waals surface area contributed by atoms with E-state index in [1.54, 1.807) is 12.1 Å². The molecule has 1 saturated heterocycles. The van der Waals surface area contributed by atoms with Crippen molar-refractivity contribution in [2.24, 2.45) is 0 Å². The summed E-state index contributed by atoms with van der Waals surface area (Å²) in [7, 11) is -3.80. The standard InChI is InChI=1S/C24H22F2N2O4S/c1-33(31,32)28(21-12-19(25)11-20(26)13-21)22-14-27(15-22)23(16-5-3-2-4-6-16)17-7-9-18(10-8-17)24(29)30/h2-13,22-23H,14-15H2,1H3,(H,29,30)/t23-/m1/s1. The summed E-state index contributed by atoms with van der Waals surface area (Å²) in [4.78, 5) is 13.3. The van der Waals surface area contributed by atoms with Crippen LogP contribution in [0.3, 0.4) is 0 Å². The summed E-state index contributed by atoms with van der Waals surface area (Å²) in [5, 5.41) is 9.19. The van der Waals surface area contributed by atoms with Gasteiger partial charge in [0.05, 0.1) is 29.6 Å². The summed E-state index contributed by atoms with van der Waals surface area (Å²) in [6, 6.07) is 18.1. The molecule has 0 bridgehead atoms. The van der Waals surface area contributed by atoms with Gasteiger partial charge in [-0.1, -0.05) is 42.5 Å². The lowest BCUT2D eigenvalue weighted by atomic mass is 9.92. The van der Waals surface area contributed by atoms with Crippen molar-refractivity contribution in [3.05, 3.63) is 101 Å². The zero-order valence-corrected chi connectivity index (χ0v) is 18.5. The number of carboxylic acid groups (broad SMARTS) is 1. The quantitative estimate of drug-likeness (QED) is 0.564. The minimum absolute atomic E-state index is 0.0540. The Balaban J connectivity index is 1.64. The van der Waals surface area contributed by atoms with Crippen molar-refractivity contribution in [1.29, 1.82) is 0 Å². The molecular weight excluding hydrogens is 450 g/mol. The third-order valence-corrected chi connectivity index (χ3v) is 6.86. The molecule has 3 aromatic carbocycles. The molecule has 33 heavy (non-hydrogen) atoms. The number of sulfonamides is 1. The van der Waals surface area contributed by atoms with Crippen LogP contribution in [0, 0.1) is 11.6 Å². The molecule has 1 heterocycles. The first-order valence-electron chi connectivity index (χ1n) is 10.2. The van der Waals surface area contributed by atoms with Gasteiger partial charge in [-0.2, -0.15) is 0 Å². The van der Waals surface area contributed by atoms with Crippen molar-refractivity contribution in [3.63, 3.8) is 0 Å². The number of carboxylic acids is 1. The number of rotatable bonds is 7. The van der Waals surface area contributed by atoms with E-state index >= 15 is 0 Å². The van der Waals surface area contributed by atoms with Crippen molar-refractivity contribution in [2.75, 3.05) is 23.7 Å². The van der Waals surface area contributed by atoms with E-state index in [0.29, 0.717) is 19.2 Å². The Morgan fingerprint density at radius 3 is 2.03 bits per heavy atom. The van der Waals surface area contributed by atoms with Crippen molar-refractivity contribution >= 4 is 21.7 Å². The highest BCUT2D eigenvalue weighted by molar-refractivity contribution is 7.92. The Kier molecular flexibility index (Phi) is 6.18. The van der Waals surface area contributed by atoms with E-state index in [2.05, 4.69) is 0 Å². The molecule has 6 nitrogen and oxygen atoms in total. The van der Waals surface area contributed by atoms with Crippen LogP contribution in [-0.2, 0) is 10.0 Å². The van der Waals surface area contributed by atoms with Crippen LogP contribution in [0.4, 0.5) is 14.5 Å². The molecular formula is C24H22F2N2O4S. The predicted molar refractivity (Wildman–Crippen MR) is 121 cm³/mol. The SMILES string of the molecule is CS(=O)(=O)N(c1cc(F)cc(F)c1)C1CN([C@H](c2ccccc2)c2ccc(C(=O)O)cc2)C1. The maximum absolute atomic E-state index is 13.8. The van der Waals surface area contributed by atoms with Gasteiger partial charge in [-0.25, -0.2) is 22.0 Å². The third kappa shape index (κ3) is 4.89. The average molecular weight is 473 g/mol. The fourth-order valence-electron chi connectivity index (χ4n) is 4.24. The number of halogens is 2. The molecule has 9 heteroatoms. The predicted octanol–water partition coefficient (Wildman–Crippen LogP) is 3.90. The smallest absolute Gasteiger partial charge is 0.335 e. The molecule has 172 valence electrons. The molecule has 0 radical (unpaired) electrons. The molecule has 1 atom stereocenters. The van der Waals surface area contributed by atoms with Crippen molar-refractivity contribution in [1.82, 2.24) is 4.90 Å². The normalized spacial score (nSPS) is 15.6. The van der Waals surface area contributed by atoms with Crippen LogP contribution in [0.15, 0.2) is 72.8 Å². The summed E-state index contributed by atoms with van der Waals surface area (Å²) in [6.07, 6.45) is 1.01. The fraction of sp³-hybridized carbons (Fsp3) is 0.208. The van der Waals surface area contributed by atoms with E-state index in [9.17, 15) is 27.1 Å². The summed E-state index contributed by atoms with van der Waals surface area (Å²) in [5.41, 5.74) is 1.93. The van der Waals surface area contributed by atoms with Crippen LogP contribution < -0.4 is 4.31 Å². The number of hydrogen-bond donors (Lipinski definition) is 1. The minimum Gasteiger partial charge on any atom is -0.478 e. The van der Waals surface area contributed by atoms with Gasteiger partial charge in [-0.15, -0.1) is 0 Å². The average Bonchev–Trinajstić information content (AvgIpc) is 2.71. The number of nitrogens with zero attached hydrogens (tertiary/aromatic N) is 2. The number of hydrogen-bond acceptors (Lipinski definition) is 4. The number of anilines is 1. The minimum atomic E-state index is -3.80. The highest BCUT2D eigenvalue weighted by Gasteiger charge is 2.41. The Labute approximate surface area is 190 Å². The number of carbonyl (C=O) groups is 1. The first-order valence-corrected chi connectivity index (χ1v) is 12.1. The van der Waals surface area contributed by atoms with Crippen LogP contribution in [0.1, 0.15) is 27.5 Å². The molecule has 1 aliphatic rings. The first kappa shape index (κ1) is 22.9. The third-order valence-electron chi connectivity index (χ3n) is 5.64. The van der Waals surface area contributed by atoms with Crippen molar-refractivity contribution < 1.29 is 27.1 Å². The Bertz CT molecular complexity index is 1240. The zero-order valence-electron chi connectivity index (χ0n) is 17.7. The molecule has 0 aromatic heterocycles. The van der Waals surface area contributed by atoms with E-state index < -0.39 is 33.7 Å². The van der Waals surface area contributed by atoms with Crippen LogP contribution >= 0.6 is 0 Å². The lowest BCUT2D eigenvalue weighted by Gasteiger charge is -2.48. The molecule has 0 spiro atoms. The highest BCUT2D eigenvalue weighted by atomic mass is 32.2. The topological polar surface area (TPSA) is 77.9 Å². The molecule has 0 amide bonds. The van der Waals surface area contributed by atoms with E-state index in [-0.39, 0.29) is 17.3 Å². The van der Waals surface area contributed by atoms with Crippen LogP contribution in [-0.4, -0.2) is 49.8 Å². The fourth-order valence-corrected chi connectivity index (χ4v) is 5.41. The Morgan fingerprint density at radius 1 is 0.970 bits per heavy atom. The lowest BCUT2D eigenvalue weighted by Crippen LogP contribution is -2.61. The van der Waals surface area contributed by atoms with Gasteiger partial charge in [-0.05, 0) is 35.4 Å². The monoisotopic (exact) mass is 472 g/mol. The van der Waals surface area contributed by atoms with Gasteiger partial charge in [-0.3, -0.25) is 9.21 Å². The van der Waals surface area contributed by atoms with Gasteiger partial charge in [0.2, 0.25) is 10.0 Å². The maximum atomic E-state index is 13.8. The highest BCUT2D eigenvalue weighted by Crippen LogP contribution is 2.36. The maximum Gasteiger partial charge on any atom is 0.335 e. The molecule has 0 unspecified atom stereocenters. The van der Waals surface area contributed by atoms with Crippen molar-refractivity contribution in [3.8, 4) is 0 Å². The van der Waals surface area contributed by atoms with Crippen LogP contribution in [0.5, 0.6) is 0 Å². The summed E-state index contributed by atoms with van der Waals surface area (Å²) < 4.78 is 53.7. The lowest BCUT2D eigenvalue weighted by molar-refractivity contribution is 0.0696. The second-order valence-electron chi connectivity index (χ2n) is 8.03. The summed E-state index contributed by atoms with van der Waals surface area (Å²) in [6.45, 7) is 0.650. The molecule has 1 N–H and O–H groups in total. The van der Waals surface area contributed by atoms with Gasteiger partial charge in [0.25, 0.3) is 0 Å². The number of aromatic carboxylic acids is 1. The molecule has 4 rings (SSSR count). The number of benzene rings is 3. The van der Waals surface area contributed by atoms with E-state index in [1.807, 2.05) is 35.2 Å². The van der Waals surface area contributed by atoms with E-state index in [1.165, 1.54) is 12.1 Å². The number of likely N-dealkylation sites (tertiary alicyclic amines) is 1. The van der Waals surface area contributed by atoms with Gasteiger partial charge in [0.1, 0.15) is 11.6 Å². The second kappa shape index (κ2) is 8.92. The zero-order chi connectivity index (χ0) is 23.8. The summed E-state index contributed by atoms with van der Waals surface area (Å²) in [5.74, 6) is -2.72.